The Labute approximate surface area is 125 Å². The number of allylic oxidation sites excluding steroid dienone is 2. The number of nitrogens with one attached hydrogen (secondary N) is 1. The minimum Gasteiger partial charge on any atom is -0.366 e. The Morgan fingerprint density at radius 2 is 2.19 bits per heavy atom. The highest BCUT2D eigenvalue weighted by atomic mass is 16.2. The summed E-state index contributed by atoms with van der Waals surface area (Å²) < 4.78 is 0. The second-order valence-corrected chi connectivity index (χ2v) is 5.88. The van der Waals surface area contributed by atoms with Crippen molar-refractivity contribution in [3.05, 3.63) is 30.5 Å². The Balaban J connectivity index is 1.44. The maximum atomic E-state index is 12.3. The van der Waals surface area contributed by atoms with Crippen molar-refractivity contribution in [1.29, 1.82) is 0 Å². The molecule has 1 unspecified atom stereocenters. The third kappa shape index (κ3) is 3.80. The van der Waals surface area contributed by atoms with Crippen molar-refractivity contribution in [2.75, 3.05) is 18.4 Å². The number of carbonyl (C=O) groups excluding carboxylic acids is 1. The van der Waals surface area contributed by atoms with Crippen molar-refractivity contribution in [1.82, 2.24) is 15.1 Å². The Bertz CT molecular complexity index is 494. The lowest BCUT2D eigenvalue weighted by Gasteiger charge is -2.33. The van der Waals surface area contributed by atoms with Gasteiger partial charge in [0.25, 0.3) is 0 Å². The molecule has 0 radical (unpaired) electrons. The Morgan fingerprint density at radius 3 is 2.86 bits per heavy atom. The second-order valence-electron chi connectivity index (χ2n) is 5.88. The zero-order chi connectivity index (χ0) is 14.5. The van der Waals surface area contributed by atoms with Crippen LogP contribution in [0.1, 0.15) is 32.1 Å². The molecule has 1 aliphatic carbocycles. The third-order valence-electron chi connectivity index (χ3n) is 4.32. The molecule has 1 aromatic rings. The fourth-order valence-electron chi connectivity index (χ4n) is 3.08. The van der Waals surface area contributed by atoms with Crippen LogP contribution in [0.25, 0.3) is 0 Å². The van der Waals surface area contributed by atoms with E-state index in [1.54, 1.807) is 6.20 Å². The van der Waals surface area contributed by atoms with Gasteiger partial charge >= 0.3 is 0 Å². The molecular formula is C16H22N4O. The molecule has 1 N–H and O–H groups in total. The highest BCUT2D eigenvalue weighted by Crippen LogP contribution is 2.23. The van der Waals surface area contributed by atoms with Gasteiger partial charge in [-0.05, 0) is 43.7 Å². The molecule has 21 heavy (non-hydrogen) atoms. The molecule has 1 amide bonds. The van der Waals surface area contributed by atoms with E-state index in [4.69, 9.17) is 0 Å². The summed E-state index contributed by atoms with van der Waals surface area (Å²) in [4.78, 5) is 14.3. The summed E-state index contributed by atoms with van der Waals surface area (Å²) in [6, 6.07) is 4.19. The molecule has 2 aliphatic rings. The van der Waals surface area contributed by atoms with Crippen molar-refractivity contribution >= 4 is 11.7 Å². The topological polar surface area (TPSA) is 58.1 Å². The summed E-state index contributed by atoms with van der Waals surface area (Å²) >= 11 is 0. The number of likely N-dealkylation sites (tertiary alicyclic amines) is 1. The average molecular weight is 286 g/mol. The van der Waals surface area contributed by atoms with E-state index in [0.29, 0.717) is 24.3 Å². The maximum absolute atomic E-state index is 12.3. The van der Waals surface area contributed by atoms with Crippen LogP contribution >= 0.6 is 0 Å². The monoisotopic (exact) mass is 286 g/mol. The summed E-state index contributed by atoms with van der Waals surface area (Å²) in [5.41, 5.74) is 0. The molecule has 1 aromatic heterocycles. The molecule has 2 heterocycles. The molecule has 112 valence electrons. The summed E-state index contributed by atoms with van der Waals surface area (Å²) in [5.74, 6) is 1.59. The van der Waals surface area contributed by atoms with Gasteiger partial charge in [-0.25, -0.2) is 0 Å². The molecule has 0 saturated carbocycles. The largest absolute Gasteiger partial charge is 0.366 e. The van der Waals surface area contributed by atoms with Crippen molar-refractivity contribution in [2.24, 2.45) is 5.92 Å². The fraction of sp³-hybridized carbons (Fsp3) is 0.562. The van der Waals surface area contributed by atoms with E-state index >= 15 is 0 Å². The molecule has 5 nitrogen and oxygen atoms in total. The van der Waals surface area contributed by atoms with E-state index in [1.807, 2.05) is 17.0 Å². The molecule has 0 spiro atoms. The van der Waals surface area contributed by atoms with E-state index in [2.05, 4.69) is 27.7 Å². The van der Waals surface area contributed by atoms with Crippen molar-refractivity contribution in [3.63, 3.8) is 0 Å². The number of carbonyl (C=O) groups is 1. The van der Waals surface area contributed by atoms with E-state index in [9.17, 15) is 4.79 Å². The average Bonchev–Trinajstić information content (AvgIpc) is 3.02. The van der Waals surface area contributed by atoms with Crippen molar-refractivity contribution in [3.8, 4) is 0 Å². The summed E-state index contributed by atoms with van der Waals surface area (Å²) in [6.45, 7) is 1.68. The Kier molecular flexibility index (Phi) is 4.48. The lowest BCUT2D eigenvalue weighted by atomic mass is 10.0. The van der Waals surface area contributed by atoms with Crippen LogP contribution in [0.3, 0.4) is 0 Å². The molecule has 5 heteroatoms. The Morgan fingerprint density at radius 1 is 1.33 bits per heavy atom. The van der Waals surface area contributed by atoms with Gasteiger partial charge in [0.2, 0.25) is 5.91 Å². The predicted octanol–water partition coefficient (Wildman–Crippen LogP) is 2.24. The van der Waals surface area contributed by atoms with Crippen LogP contribution in [-0.4, -0.2) is 40.1 Å². The lowest BCUT2D eigenvalue weighted by molar-refractivity contribution is -0.132. The highest BCUT2D eigenvalue weighted by molar-refractivity contribution is 5.76. The maximum Gasteiger partial charge on any atom is 0.223 e. The number of hydrogen-bond acceptors (Lipinski definition) is 4. The minimum atomic E-state index is 0.310. The molecule has 1 aliphatic heterocycles. The van der Waals surface area contributed by atoms with E-state index in [1.165, 1.54) is 0 Å². The Hall–Kier alpha value is -1.91. The van der Waals surface area contributed by atoms with E-state index < -0.39 is 0 Å². The van der Waals surface area contributed by atoms with E-state index in [0.717, 1.165) is 44.6 Å². The van der Waals surface area contributed by atoms with Gasteiger partial charge in [-0.1, -0.05) is 12.2 Å². The van der Waals surface area contributed by atoms with Gasteiger partial charge < -0.3 is 10.2 Å². The van der Waals surface area contributed by atoms with Crippen LogP contribution in [-0.2, 0) is 4.79 Å². The quantitative estimate of drug-likeness (QED) is 0.862. The molecule has 0 bridgehead atoms. The first-order valence-electron chi connectivity index (χ1n) is 7.80. The smallest absolute Gasteiger partial charge is 0.223 e. The van der Waals surface area contributed by atoms with Gasteiger partial charge in [0.1, 0.15) is 5.82 Å². The summed E-state index contributed by atoms with van der Waals surface area (Å²) in [6.07, 6.45) is 10.9. The zero-order valence-electron chi connectivity index (χ0n) is 12.2. The van der Waals surface area contributed by atoms with Crippen LogP contribution in [0.2, 0.25) is 0 Å². The number of rotatable bonds is 4. The minimum absolute atomic E-state index is 0.310. The van der Waals surface area contributed by atoms with Crippen LogP contribution < -0.4 is 5.32 Å². The van der Waals surface area contributed by atoms with Gasteiger partial charge in [0.05, 0.1) is 0 Å². The lowest BCUT2D eigenvalue weighted by Crippen LogP contribution is -2.42. The molecule has 0 aromatic carbocycles. The molecule has 1 atom stereocenters. The predicted molar refractivity (Wildman–Crippen MR) is 81.7 cm³/mol. The first-order chi connectivity index (χ1) is 10.3. The first-order valence-corrected chi connectivity index (χ1v) is 7.80. The van der Waals surface area contributed by atoms with Gasteiger partial charge in [0.15, 0.2) is 0 Å². The van der Waals surface area contributed by atoms with Gasteiger partial charge in [0, 0.05) is 31.7 Å². The number of amides is 1. The van der Waals surface area contributed by atoms with Crippen LogP contribution in [0.15, 0.2) is 30.5 Å². The van der Waals surface area contributed by atoms with Crippen LogP contribution in [0, 0.1) is 5.92 Å². The molecule has 1 saturated heterocycles. The summed E-state index contributed by atoms with van der Waals surface area (Å²) in [5, 5.41) is 11.3. The number of anilines is 1. The van der Waals surface area contributed by atoms with Crippen molar-refractivity contribution in [2.45, 2.75) is 38.1 Å². The number of piperidine rings is 1. The third-order valence-corrected chi connectivity index (χ3v) is 4.32. The number of hydrogen-bond donors (Lipinski definition) is 1. The zero-order valence-corrected chi connectivity index (χ0v) is 12.2. The first kappa shape index (κ1) is 14.0. The van der Waals surface area contributed by atoms with Gasteiger partial charge in [-0.15, -0.1) is 5.10 Å². The van der Waals surface area contributed by atoms with Crippen molar-refractivity contribution < 1.29 is 4.79 Å². The molecule has 1 fully saturated rings. The van der Waals surface area contributed by atoms with E-state index in [-0.39, 0.29) is 0 Å². The van der Waals surface area contributed by atoms with Gasteiger partial charge in [-0.2, -0.15) is 5.10 Å². The van der Waals surface area contributed by atoms with Gasteiger partial charge in [-0.3, -0.25) is 4.79 Å². The highest BCUT2D eigenvalue weighted by Gasteiger charge is 2.24. The standard InChI is InChI=1S/C16H22N4O/c21-16(12-13-4-1-2-5-13)20-10-7-14(8-11-20)18-15-6-3-9-17-19-15/h1,3-4,6,9,13-14H,2,5,7-8,10-12H2,(H,18,19). The number of aromatic nitrogens is 2. The fourth-order valence-corrected chi connectivity index (χ4v) is 3.08. The van der Waals surface area contributed by atoms with Crippen LogP contribution in [0.5, 0.6) is 0 Å². The SMILES string of the molecule is O=C(CC1C=CCC1)N1CCC(Nc2cccnn2)CC1. The molecule has 3 rings (SSSR count). The number of nitrogens with zero attached hydrogens (tertiary/aromatic N) is 3. The summed E-state index contributed by atoms with van der Waals surface area (Å²) in [7, 11) is 0. The van der Waals surface area contributed by atoms with Crippen LogP contribution in [0.4, 0.5) is 5.82 Å². The second kappa shape index (κ2) is 6.70. The normalized spacial score (nSPS) is 22.5. The molecular weight excluding hydrogens is 264 g/mol.